The van der Waals surface area contributed by atoms with Crippen molar-refractivity contribution in [2.45, 2.75) is 0 Å². The summed E-state index contributed by atoms with van der Waals surface area (Å²) in [5, 5.41) is 2.15. The normalized spacial score (nSPS) is 21.5. The van der Waals surface area contributed by atoms with E-state index >= 15 is 0 Å². The van der Waals surface area contributed by atoms with Crippen molar-refractivity contribution in [3.05, 3.63) is 6.33 Å². The molecule has 8 nitrogen and oxygen atoms in total. The molecular formula is C13H23N7O. The highest BCUT2D eigenvalue weighted by molar-refractivity contribution is 5.74. The maximum absolute atomic E-state index is 6.25. The lowest BCUT2D eigenvalue weighted by molar-refractivity contribution is 0.122. The molecule has 0 unspecified atom stereocenters. The lowest BCUT2D eigenvalue weighted by Crippen LogP contribution is -2.47. The van der Waals surface area contributed by atoms with E-state index in [-0.39, 0.29) is 0 Å². The third-order valence-corrected chi connectivity index (χ3v) is 3.94. The van der Waals surface area contributed by atoms with Crippen molar-refractivity contribution >= 4 is 17.3 Å². The maximum Gasteiger partial charge on any atom is 0.169 e. The largest absolute Gasteiger partial charge is 0.393 e. The molecule has 3 rings (SSSR count). The number of nitrogens with two attached hydrogens (primary N) is 1. The third kappa shape index (κ3) is 3.34. The molecule has 8 heteroatoms. The average molecular weight is 293 g/mol. The van der Waals surface area contributed by atoms with Gasteiger partial charge >= 0.3 is 0 Å². The Kier molecular flexibility index (Phi) is 4.37. The molecule has 0 atom stereocenters. The number of nitrogen functional groups attached to an aromatic ring is 1. The smallest absolute Gasteiger partial charge is 0.169 e. The number of hydrogen-bond acceptors (Lipinski definition) is 8. The minimum atomic E-state index is 0.610. The zero-order valence-electron chi connectivity index (χ0n) is 12.5. The lowest BCUT2D eigenvalue weighted by Gasteiger charge is -2.33. The van der Waals surface area contributed by atoms with E-state index in [2.05, 4.69) is 37.3 Å². The molecular weight excluding hydrogens is 270 g/mol. The first-order chi connectivity index (χ1) is 10.2. The molecule has 0 bridgehead atoms. The molecule has 0 spiro atoms. The van der Waals surface area contributed by atoms with Gasteiger partial charge in [0.25, 0.3) is 0 Å². The van der Waals surface area contributed by atoms with E-state index < -0.39 is 0 Å². The van der Waals surface area contributed by atoms with Crippen LogP contribution in [0.3, 0.4) is 0 Å². The minimum Gasteiger partial charge on any atom is -0.393 e. The van der Waals surface area contributed by atoms with Crippen molar-refractivity contribution in [3.8, 4) is 0 Å². The summed E-state index contributed by atoms with van der Waals surface area (Å²) in [6.45, 7) is 7.03. The van der Waals surface area contributed by atoms with Crippen LogP contribution in [0.1, 0.15) is 0 Å². The number of nitrogens with one attached hydrogen (secondary N) is 1. The lowest BCUT2D eigenvalue weighted by atomic mass is 10.3. The van der Waals surface area contributed by atoms with Gasteiger partial charge in [-0.15, -0.1) is 0 Å². The Morgan fingerprint density at radius 1 is 1.10 bits per heavy atom. The van der Waals surface area contributed by atoms with Crippen LogP contribution in [0, 0.1) is 0 Å². The van der Waals surface area contributed by atoms with Crippen LogP contribution in [0.5, 0.6) is 0 Å². The Morgan fingerprint density at radius 3 is 2.52 bits per heavy atom. The Hall–Kier alpha value is -1.64. The van der Waals surface area contributed by atoms with Gasteiger partial charge in [0.2, 0.25) is 0 Å². The minimum absolute atomic E-state index is 0.610. The number of anilines is 3. The Morgan fingerprint density at radius 2 is 1.81 bits per heavy atom. The number of hydrogen-bond donors (Lipinski definition) is 2. The summed E-state index contributed by atoms with van der Waals surface area (Å²) in [6, 6.07) is 0. The Balaban J connectivity index is 1.70. The van der Waals surface area contributed by atoms with E-state index in [1.807, 2.05) is 0 Å². The summed E-state index contributed by atoms with van der Waals surface area (Å²) in [5.74, 6) is 1.49. The van der Waals surface area contributed by atoms with Crippen molar-refractivity contribution < 1.29 is 4.74 Å². The van der Waals surface area contributed by atoms with Crippen molar-refractivity contribution in [1.29, 1.82) is 0 Å². The third-order valence-electron chi connectivity index (χ3n) is 3.94. The van der Waals surface area contributed by atoms with Crippen LogP contribution >= 0.6 is 0 Å². The molecule has 0 aliphatic carbocycles. The molecule has 0 amide bonds. The monoisotopic (exact) mass is 293 g/mol. The highest BCUT2D eigenvalue weighted by atomic mass is 16.5. The zero-order valence-corrected chi connectivity index (χ0v) is 12.5. The number of rotatable bonds is 3. The van der Waals surface area contributed by atoms with Gasteiger partial charge in [-0.2, -0.15) is 0 Å². The van der Waals surface area contributed by atoms with Crippen LogP contribution in [0.15, 0.2) is 6.33 Å². The SMILES string of the molecule is CN1CCN(Nc2ncnc(N3CCOCC3)c2N)CC1. The van der Waals surface area contributed by atoms with E-state index in [1.54, 1.807) is 6.33 Å². The topological polar surface area (TPSA) is 82.8 Å². The van der Waals surface area contributed by atoms with E-state index in [0.717, 1.165) is 45.1 Å². The van der Waals surface area contributed by atoms with Crippen molar-refractivity contribution in [1.82, 2.24) is 19.9 Å². The van der Waals surface area contributed by atoms with Gasteiger partial charge in [0, 0.05) is 39.3 Å². The van der Waals surface area contributed by atoms with Gasteiger partial charge in [0.15, 0.2) is 11.6 Å². The van der Waals surface area contributed by atoms with Gasteiger partial charge in [0.1, 0.15) is 12.0 Å². The number of nitrogens with zero attached hydrogens (tertiary/aromatic N) is 5. The summed E-state index contributed by atoms with van der Waals surface area (Å²) in [5.41, 5.74) is 10.2. The van der Waals surface area contributed by atoms with E-state index in [4.69, 9.17) is 10.5 Å². The van der Waals surface area contributed by atoms with Crippen molar-refractivity contribution in [2.24, 2.45) is 0 Å². The van der Waals surface area contributed by atoms with Crippen LogP contribution in [0.4, 0.5) is 17.3 Å². The molecule has 2 aliphatic heterocycles. The van der Waals surface area contributed by atoms with Gasteiger partial charge < -0.3 is 25.7 Å². The fourth-order valence-electron chi connectivity index (χ4n) is 2.57. The quantitative estimate of drug-likeness (QED) is 0.769. The van der Waals surface area contributed by atoms with Gasteiger partial charge in [-0.1, -0.05) is 0 Å². The number of likely N-dealkylation sites (N-methyl/N-ethyl adjacent to an activating group) is 1. The molecule has 2 fully saturated rings. The van der Waals surface area contributed by atoms with Crippen LogP contribution in [-0.2, 0) is 4.74 Å². The van der Waals surface area contributed by atoms with Crippen LogP contribution in [-0.4, -0.2) is 79.4 Å². The van der Waals surface area contributed by atoms with Gasteiger partial charge in [-0.05, 0) is 7.05 Å². The van der Waals surface area contributed by atoms with E-state index in [9.17, 15) is 0 Å². The van der Waals surface area contributed by atoms with Crippen molar-refractivity contribution in [3.63, 3.8) is 0 Å². The first kappa shape index (κ1) is 14.3. The molecule has 0 saturated carbocycles. The Bertz CT molecular complexity index is 470. The molecule has 21 heavy (non-hydrogen) atoms. The zero-order chi connectivity index (χ0) is 14.7. The number of piperazine rings is 1. The molecule has 1 aromatic rings. The number of hydrazine groups is 1. The van der Waals surface area contributed by atoms with Gasteiger partial charge in [-0.25, -0.2) is 15.0 Å². The molecule has 2 saturated heterocycles. The maximum atomic E-state index is 6.25. The molecule has 1 aromatic heterocycles. The van der Waals surface area contributed by atoms with E-state index in [0.29, 0.717) is 24.7 Å². The molecule has 116 valence electrons. The molecule has 3 heterocycles. The molecule has 3 N–H and O–H groups in total. The first-order valence-corrected chi connectivity index (χ1v) is 7.37. The standard InChI is InChI=1S/C13H23N7O/c1-18-2-4-20(5-3-18)17-12-11(14)13(16-10-15-12)19-6-8-21-9-7-19/h10H,2-9,14H2,1H3,(H,15,16,17). The fraction of sp³-hybridized carbons (Fsp3) is 0.692. The average Bonchev–Trinajstić information content (AvgIpc) is 2.52. The molecule has 0 aromatic carbocycles. The summed E-state index contributed by atoms with van der Waals surface area (Å²) in [7, 11) is 2.13. The summed E-state index contributed by atoms with van der Waals surface area (Å²) >= 11 is 0. The summed E-state index contributed by atoms with van der Waals surface area (Å²) in [4.78, 5) is 13.1. The van der Waals surface area contributed by atoms with Crippen molar-refractivity contribution in [2.75, 3.05) is 75.6 Å². The Labute approximate surface area is 124 Å². The highest BCUT2D eigenvalue weighted by Gasteiger charge is 2.20. The predicted molar refractivity (Wildman–Crippen MR) is 82.2 cm³/mol. The second-order valence-corrected chi connectivity index (χ2v) is 5.46. The van der Waals surface area contributed by atoms with Crippen LogP contribution in [0.25, 0.3) is 0 Å². The number of morpholine rings is 1. The van der Waals surface area contributed by atoms with Gasteiger partial charge in [-0.3, -0.25) is 0 Å². The molecule has 2 aliphatic rings. The highest BCUT2D eigenvalue weighted by Crippen LogP contribution is 2.27. The first-order valence-electron chi connectivity index (χ1n) is 7.37. The number of aromatic nitrogens is 2. The van der Waals surface area contributed by atoms with Gasteiger partial charge in [0.05, 0.1) is 13.2 Å². The second-order valence-electron chi connectivity index (χ2n) is 5.46. The molecule has 0 radical (unpaired) electrons. The van der Waals surface area contributed by atoms with E-state index in [1.165, 1.54) is 0 Å². The number of ether oxygens (including phenoxy) is 1. The second kappa shape index (κ2) is 6.42. The summed E-state index contributed by atoms with van der Waals surface area (Å²) in [6.07, 6.45) is 1.57. The van der Waals surface area contributed by atoms with Crippen LogP contribution < -0.4 is 16.1 Å². The fourth-order valence-corrected chi connectivity index (χ4v) is 2.57. The predicted octanol–water partition coefficient (Wildman–Crippen LogP) is -0.530. The summed E-state index contributed by atoms with van der Waals surface area (Å²) < 4.78 is 5.37. The van der Waals surface area contributed by atoms with Crippen LogP contribution in [0.2, 0.25) is 0 Å².